The van der Waals surface area contributed by atoms with Gasteiger partial charge < -0.3 is 13.9 Å². The molecule has 1 aromatic heterocycles. The van der Waals surface area contributed by atoms with Crippen LogP contribution in [0, 0.1) is 13.8 Å². The first-order chi connectivity index (χ1) is 14.2. The van der Waals surface area contributed by atoms with E-state index in [1.165, 1.54) is 12.1 Å². The van der Waals surface area contributed by atoms with E-state index in [-0.39, 0.29) is 24.2 Å². The van der Waals surface area contributed by atoms with Gasteiger partial charge in [0.15, 0.2) is 0 Å². The number of fused-ring (bicyclic) bond motifs is 1. The van der Waals surface area contributed by atoms with Crippen LogP contribution in [0.25, 0.3) is 11.0 Å². The Labute approximate surface area is 174 Å². The van der Waals surface area contributed by atoms with Gasteiger partial charge in [-0.05, 0) is 62.9 Å². The summed E-state index contributed by atoms with van der Waals surface area (Å²) in [5.74, 6) is -0.604. The molecule has 0 aliphatic rings. The molecule has 1 heterocycles. The highest BCUT2D eigenvalue weighted by atomic mass is 16.5. The first-order valence-electron chi connectivity index (χ1n) is 9.79. The van der Waals surface area contributed by atoms with Crippen molar-refractivity contribution in [1.29, 1.82) is 0 Å². The van der Waals surface area contributed by atoms with Crippen molar-refractivity contribution in [3.8, 4) is 5.75 Å². The Hall–Kier alpha value is -3.41. The van der Waals surface area contributed by atoms with Crippen LogP contribution in [0.2, 0.25) is 0 Å². The number of hydrogen-bond acceptors (Lipinski definition) is 6. The zero-order valence-electron chi connectivity index (χ0n) is 17.5. The van der Waals surface area contributed by atoms with Gasteiger partial charge in [-0.3, -0.25) is 4.79 Å². The van der Waals surface area contributed by atoms with Crippen LogP contribution < -0.4 is 10.4 Å². The minimum Gasteiger partial charge on any atom is -0.463 e. The Bertz CT molecular complexity index is 1160. The molecule has 30 heavy (non-hydrogen) atoms. The number of carbonyl (C=O) groups excluding carboxylic acids is 2. The smallest absolute Gasteiger partial charge is 0.343 e. The lowest BCUT2D eigenvalue weighted by atomic mass is 10.0. The number of ether oxygens (including phenoxy) is 2. The van der Waals surface area contributed by atoms with Crippen LogP contribution in [0.3, 0.4) is 0 Å². The molecule has 156 valence electrons. The topological polar surface area (TPSA) is 82.8 Å². The molecule has 0 N–H and O–H groups in total. The van der Waals surface area contributed by atoms with E-state index < -0.39 is 11.6 Å². The summed E-state index contributed by atoms with van der Waals surface area (Å²) >= 11 is 0. The lowest BCUT2D eigenvalue weighted by Crippen LogP contribution is -2.14. The molecule has 0 unspecified atom stereocenters. The first kappa shape index (κ1) is 21.3. The zero-order chi connectivity index (χ0) is 21.8. The summed E-state index contributed by atoms with van der Waals surface area (Å²) in [6.07, 6.45) is 0.245. The normalized spacial score (nSPS) is 11.0. The van der Waals surface area contributed by atoms with Gasteiger partial charge in [0.2, 0.25) is 0 Å². The molecule has 0 amide bonds. The van der Waals surface area contributed by atoms with Crippen LogP contribution in [0.1, 0.15) is 47.3 Å². The van der Waals surface area contributed by atoms with Gasteiger partial charge >= 0.3 is 17.6 Å². The highest BCUT2D eigenvalue weighted by Crippen LogP contribution is 2.29. The molecule has 6 heteroatoms. The summed E-state index contributed by atoms with van der Waals surface area (Å²) in [6, 6.07) is 11.8. The second kappa shape index (κ2) is 8.95. The summed E-state index contributed by atoms with van der Waals surface area (Å²) in [6.45, 7) is 7.20. The van der Waals surface area contributed by atoms with Gasteiger partial charge in [-0.25, -0.2) is 9.59 Å². The monoisotopic (exact) mass is 408 g/mol. The van der Waals surface area contributed by atoms with E-state index in [2.05, 4.69) is 0 Å². The van der Waals surface area contributed by atoms with Gasteiger partial charge in [0.05, 0.1) is 11.7 Å². The highest BCUT2D eigenvalue weighted by Gasteiger charge is 2.17. The fourth-order valence-electron chi connectivity index (χ4n) is 3.20. The second-order valence-corrected chi connectivity index (χ2v) is 7.45. The molecule has 0 aliphatic carbocycles. The third-order valence-electron chi connectivity index (χ3n) is 4.67. The summed E-state index contributed by atoms with van der Waals surface area (Å²) < 4.78 is 16.1. The first-order valence-corrected chi connectivity index (χ1v) is 9.79. The lowest BCUT2D eigenvalue weighted by Gasteiger charge is -2.13. The standard InChI is InChI=1S/C24H24O6/c1-14(2)28-22(25)10-9-17-12-19-16(4)11-23(26)29-21(19)13-20(17)30-24(27)18-8-6-5-7-15(18)3/h5-8,11-14H,9-10H2,1-4H3. The van der Waals surface area contributed by atoms with Gasteiger partial charge in [-0.2, -0.15) is 0 Å². The molecule has 3 rings (SSSR count). The van der Waals surface area contributed by atoms with Crippen LogP contribution in [0.15, 0.2) is 51.7 Å². The second-order valence-electron chi connectivity index (χ2n) is 7.45. The molecule has 0 radical (unpaired) electrons. The third kappa shape index (κ3) is 4.95. The van der Waals surface area contributed by atoms with E-state index in [0.29, 0.717) is 23.1 Å². The number of hydrogen-bond donors (Lipinski definition) is 0. The Balaban J connectivity index is 1.99. The molecule has 6 nitrogen and oxygen atoms in total. The molecule has 0 saturated heterocycles. The van der Waals surface area contributed by atoms with E-state index >= 15 is 0 Å². The number of aryl methyl sites for hydroxylation is 3. The van der Waals surface area contributed by atoms with Crippen molar-refractivity contribution >= 4 is 22.9 Å². The molecular formula is C24H24O6. The molecule has 0 fully saturated rings. The Morgan fingerprint density at radius 2 is 1.77 bits per heavy atom. The maximum atomic E-state index is 12.7. The Kier molecular flexibility index (Phi) is 6.35. The lowest BCUT2D eigenvalue weighted by molar-refractivity contribution is -0.147. The predicted octanol–water partition coefficient (Wildman–Crippen LogP) is 4.51. The van der Waals surface area contributed by atoms with Crippen LogP contribution in [-0.2, 0) is 16.0 Å². The highest BCUT2D eigenvalue weighted by molar-refractivity contribution is 5.93. The van der Waals surface area contributed by atoms with Crippen molar-refractivity contribution < 1.29 is 23.5 Å². The average Bonchev–Trinajstić information content (AvgIpc) is 2.66. The number of rotatable bonds is 6. The average molecular weight is 408 g/mol. The van der Waals surface area contributed by atoms with E-state index in [4.69, 9.17) is 13.9 Å². The van der Waals surface area contributed by atoms with Crippen molar-refractivity contribution in [3.63, 3.8) is 0 Å². The summed E-state index contributed by atoms with van der Waals surface area (Å²) in [4.78, 5) is 36.5. The van der Waals surface area contributed by atoms with Gasteiger partial charge in [-0.1, -0.05) is 18.2 Å². The fraction of sp³-hybridized carbons (Fsp3) is 0.292. The van der Waals surface area contributed by atoms with Gasteiger partial charge in [-0.15, -0.1) is 0 Å². The maximum Gasteiger partial charge on any atom is 0.343 e. The van der Waals surface area contributed by atoms with Crippen molar-refractivity contribution in [2.24, 2.45) is 0 Å². The van der Waals surface area contributed by atoms with E-state index in [9.17, 15) is 14.4 Å². The minimum absolute atomic E-state index is 0.133. The third-order valence-corrected chi connectivity index (χ3v) is 4.67. The van der Waals surface area contributed by atoms with Crippen molar-refractivity contribution in [1.82, 2.24) is 0 Å². The van der Waals surface area contributed by atoms with Crippen molar-refractivity contribution in [2.75, 3.05) is 0 Å². The molecule has 0 bridgehead atoms. The van der Waals surface area contributed by atoms with E-state index in [1.54, 1.807) is 39.0 Å². The molecular weight excluding hydrogens is 384 g/mol. The van der Waals surface area contributed by atoms with Gasteiger partial charge in [0.1, 0.15) is 11.3 Å². The summed E-state index contributed by atoms with van der Waals surface area (Å²) in [5, 5.41) is 0.720. The van der Waals surface area contributed by atoms with Crippen molar-refractivity contribution in [2.45, 2.75) is 46.6 Å². The predicted molar refractivity (Wildman–Crippen MR) is 113 cm³/mol. The SMILES string of the molecule is Cc1ccccc1C(=O)Oc1cc2oc(=O)cc(C)c2cc1CCC(=O)OC(C)C. The van der Waals surface area contributed by atoms with Crippen LogP contribution >= 0.6 is 0 Å². The maximum absolute atomic E-state index is 12.7. The van der Waals surface area contributed by atoms with Crippen molar-refractivity contribution in [3.05, 3.63) is 75.1 Å². The zero-order valence-corrected chi connectivity index (χ0v) is 17.5. The number of benzene rings is 2. The Morgan fingerprint density at radius 1 is 1.03 bits per heavy atom. The molecule has 3 aromatic rings. The molecule has 0 atom stereocenters. The Morgan fingerprint density at radius 3 is 2.47 bits per heavy atom. The number of esters is 2. The summed E-state index contributed by atoms with van der Waals surface area (Å²) in [5.41, 5.74) is 2.46. The molecule has 0 saturated carbocycles. The molecule has 0 aliphatic heterocycles. The largest absolute Gasteiger partial charge is 0.463 e. The molecule has 2 aromatic carbocycles. The molecule has 0 spiro atoms. The summed E-state index contributed by atoms with van der Waals surface area (Å²) in [7, 11) is 0. The van der Waals surface area contributed by atoms with Gasteiger partial charge in [0.25, 0.3) is 0 Å². The number of carbonyl (C=O) groups is 2. The fourth-order valence-corrected chi connectivity index (χ4v) is 3.20. The van der Waals surface area contributed by atoms with Gasteiger partial charge in [0, 0.05) is 23.9 Å². The minimum atomic E-state index is -0.520. The van der Waals surface area contributed by atoms with E-state index in [1.807, 2.05) is 19.1 Å². The quantitative estimate of drug-likeness (QED) is 0.339. The van der Waals surface area contributed by atoms with Crippen LogP contribution in [0.4, 0.5) is 0 Å². The van der Waals surface area contributed by atoms with Crippen LogP contribution in [0.5, 0.6) is 5.75 Å². The van der Waals surface area contributed by atoms with Crippen LogP contribution in [-0.4, -0.2) is 18.0 Å². The van der Waals surface area contributed by atoms with E-state index in [0.717, 1.165) is 16.5 Å².